The molecule has 0 saturated carbocycles. The van der Waals surface area contributed by atoms with Crippen molar-refractivity contribution in [3.8, 4) is 6.07 Å². The van der Waals surface area contributed by atoms with Gasteiger partial charge in [0.25, 0.3) is 11.7 Å². The van der Waals surface area contributed by atoms with Gasteiger partial charge in [0.15, 0.2) is 0 Å². The van der Waals surface area contributed by atoms with Gasteiger partial charge in [-0.2, -0.15) is 5.26 Å². The third kappa shape index (κ3) is 2.10. The monoisotopic (exact) mass is 230 g/mol. The van der Waals surface area contributed by atoms with Crippen LogP contribution in [-0.4, -0.2) is 10.2 Å². The molecule has 1 rings (SSSR count). The number of rotatable bonds is 2. The lowest BCUT2D eigenvalue weighted by atomic mass is 10.0. The molecule has 0 N–H and O–H groups in total. The first-order chi connectivity index (χ1) is 6.99. The molecule has 0 aliphatic rings. The summed E-state index contributed by atoms with van der Waals surface area (Å²) < 4.78 is 24.9. The second kappa shape index (κ2) is 4.32. The zero-order chi connectivity index (χ0) is 11.6. The molecule has 3 nitrogen and oxygen atoms in total. The van der Waals surface area contributed by atoms with E-state index in [9.17, 15) is 13.6 Å². The molecule has 0 spiro atoms. The Kier molecular flexibility index (Phi) is 3.32. The van der Waals surface area contributed by atoms with E-state index in [1.54, 1.807) is 6.07 Å². The van der Waals surface area contributed by atoms with E-state index in [2.05, 4.69) is 4.98 Å². The lowest BCUT2D eigenvalue weighted by Crippen LogP contribution is -2.05. The van der Waals surface area contributed by atoms with E-state index < -0.39 is 17.2 Å². The maximum Gasteiger partial charge on any atom is 0.266 e. The van der Waals surface area contributed by atoms with Gasteiger partial charge in [0.2, 0.25) is 0 Å². The minimum Gasteiger partial charge on any atom is -0.276 e. The number of hydrogen-bond donors (Lipinski definition) is 0. The number of nitrogens with zero attached hydrogens (tertiary/aromatic N) is 2. The van der Waals surface area contributed by atoms with Gasteiger partial charge in [-0.15, -0.1) is 0 Å². The number of hydrogen-bond acceptors (Lipinski definition) is 3. The number of nitriles is 1. The van der Waals surface area contributed by atoms with E-state index in [4.69, 9.17) is 16.9 Å². The maximum atomic E-state index is 12.5. The number of carbonyl (C=O) groups excluding carboxylic acids is 1. The van der Waals surface area contributed by atoms with E-state index in [1.165, 1.54) is 6.92 Å². The number of aromatic nitrogens is 1. The Morgan fingerprint density at radius 3 is 2.67 bits per heavy atom. The molecule has 1 aromatic rings. The van der Waals surface area contributed by atoms with Crippen LogP contribution in [0.5, 0.6) is 0 Å². The van der Waals surface area contributed by atoms with E-state index >= 15 is 0 Å². The summed E-state index contributed by atoms with van der Waals surface area (Å²) in [6, 6.07) is 1.69. The van der Waals surface area contributed by atoms with Gasteiger partial charge < -0.3 is 0 Å². The molecule has 0 bridgehead atoms. The molecule has 0 radical (unpaired) electrons. The van der Waals surface area contributed by atoms with Gasteiger partial charge in [-0.25, -0.2) is 13.8 Å². The molecule has 0 fully saturated rings. The quantitative estimate of drug-likeness (QED) is 0.734. The first-order valence-electron chi connectivity index (χ1n) is 3.86. The molecular formula is C9H5ClF2N2O. The molecule has 1 aromatic heterocycles. The molecule has 15 heavy (non-hydrogen) atoms. The standard InChI is InChI=1S/C9H5ClF2N2O/c1-4-6(2-13)14-3-5(9(11)12)7(4)8(10)15/h3,9H,1H3. The zero-order valence-corrected chi connectivity index (χ0v) is 8.35. The van der Waals surface area contributed by atoms with Crippen molar-refractivity contribution in [1.82, 2.24) is 4.98 Å². The highest BCUT2D eigenvalue weighted by atomic mass is 35.5. The van der Waals surface area contributed by atoms with Crippen molar-refractivity contribution in [2.75, 3.05) is 0 Å². The Hall–Kier alpha value is -1.54. The average Bonchev–Trinajstić information content (AvgIpc) is 2.16. The summed E-state index contributed by atoms with van der Waals surface area (Å²) in [5.41, 5.74) is -0.886. The van der Waals surface area contributed by atoms with Crippen LogP contribution in [0.1, 0.15) is 33.6 Å². The van der Waals surface area contributed by atoms with Crippen LogP contribution >= 0.6 is 11.6 Å². The lowest BCUT2D eigenvalue weighted by molar-refractivity contribution is 0.106. The highest BCUT2D eigenvalue weighted by Gasteiger charge is 2.21. The highest BCUT2D eigenvalue weighted by molar-refractivity contribution is 6.68. The van der Waals surface area contributed by atoms with Crippen molar-refractivity contribution in [2.45, 2.75) is 13.3 Å². The zero-order valence-electron chi connectivity index (χ0n) is 7.59. The van der Waals surface area contributed by atoms with Crippen LogP contribution < -0.4 is 0 Å². The number of halogens is 3. The molecular weight excluding hydrogens is 226 g/mol. The molecule has 0 saturated heterocycles. The summed E-state index contributed by atoms with van der Waals surface area (Å²) in [6.07, 6.45) is -2.05. The Balaban J connectivity index is 3.53. The molecule has 0 aromatic carbocycles. The van der Waals surface area contributed by atoms with Crippen LogP contribution in [-0.2, 0) is 0 Å². The molecule has 0 atom stereocenters. The Labute approximate surface area is 89.3 Å². The second-order valence-electron chi connectivity index (χ2n) is 2.75. The summed E-state index contributed by atoms with van der Waals surface area (Å²) in [4.78, 5) is 14.5. The Morgan fingerprint density at radius 2 is 2.27 bits per heavy atom. The van der Waals surface area contributed by atoms with E-state index in [0.717, 1.165) is 6.20 Å². The largest absolute Gasteiger partial charge is 0.276 e. The molecule has 0 aliphatic heterocycles. The summed E-state index contributed by atoms with van der Waals surface area (Å²) in [5, 5.41) is 7.59. The molecule has 1 heterocycles. The highest BCUT2D eigenvalue weighted by Crippen LogP contribution is 2.26. The van der Waals surface area contributed by atoms with Crippen LogP contribution in [0.15, 0.2) is 6.20 Å². The average molecular weight is 231 g/mol. The minimum absolute atomic E-state index is 0.0790. The molecule has 0 unspecified atom stereocenters. The summed E-state index contributed by atoms with van der Waals surface area (Å²) in [5.74, 6) is 0. The summed E-state index contributed by atoms with van der Waals surface area (Å²) >= 11 is 5.18. The first kappa shape index (κ1) is 11.5. The van der Waals surface area contributed by atoms with E-state index in [-0.39, 0.29) is 16.8 Å². The third-order valence-electron chi connectivity index (χ3n) is 1.89. The van der Waals surface area contributed by atoms with Crippen molar-refractivity contribution >= 4 is 16.8 Å². The van der Waals surface area contributed by atoms with Crippen molar-refractivity contribution in [3.05, 3.63) is 28.6 Å². The summed E-state index contributed by atoms with van der Waals surface area (Å²) in [6.45, 7) is 1.35. The van der Waals surface area contributed by atoms with Crippen LogP contribution in [0.4, 0.5) is 8.78 Å². The van der Waals surface area contributed by atoms with Crippen molar-refractivity contribution in [2.24, 2.45) is 0 Å². The fourth-order valence-electron chi connectivity index (χ4n) is 1.17. The summed E-state index contributed by atoms with van der Waals surface area (Å²) in [7, 11) is 0. The second-order valence-corrected chi connectivity index (χ2v) is 3.09. The molecule has 0 amide bonds. The molecule has 0 aliphatic carbocycles. The van der Waals surface area contributed by atoms with Crippen LogP contribution in [0.25, 0.3) is 0 Å². The van der Waals surface area contributed by atoms with E-state index in [1.807, 2.05) is 0 Å². The smallest absolute Gasteiger partial charge is 0.266 e. The fourth-order valence-corrected chi connectivity index (χ4v) is 1.42. The third-order valence-corrected chi connectivity index (χ3v) is 2.08. The number of alkyl halides is 2. The van der Waals surface area contributed by atoms with Gasteiger partial charge in [0, 0.05) is 11.8 Å². The van der Waals surface area contributed by atoms with Crippen molar-refractivity contribution in [3.63, 3.8) is 0 Å². The number of carbonyl (C=O) groups is 1. The molecule has 78 valence electrons. The van der Waals surface area contributed by atoms with Gasteiger partial charge in [0.1, 0.15) is 11.8 Å². The van der Waals surface area contributed by atoms with Crippen LogP contribution in [0, 0.1) is 18.3 Å². The topological polar surface area (TPSA) is 53.8 Å². The van der Waals surface area contributed by atoms with Crippen molar-refractivity contribution < 1.29 is 13.6 Å². The normalized spacial score (nSPS) is 10.1. The fraction of sp³-hybridized carbons (Fsp3) is 0.222. The maximum absolute atomic E-state index is 12.5. The lowest BCUT2D eigenvalue weighted by Gasteiger charge is -2.08. The van der Waals surface area contributed by atoms with Gasteiger partial charge >= 0.3 is 0 Å². The molecule has 6 heteroatoms. The Bertz CT molecular complexity index is 454. The van der Waals surface area contributed by atoms with Crippen molar-refractivity contribution in [1.29, 1.82) is 5.26 Å². The van der Waals surface area contributed by atoms with Gasteiger partial charge in [-0.05, 0) is 24.1 Å². The van der Waals surface area contributed by atoms with Gasteiger partial charge in [-0.1, -0.05) is 0 Å². The van der Waals surface area contributed by atoms with Crippen LogP contribution in [0.3, 0.4) is 0 Å². The van der Waals surface area contributed by atoms with Gasteiger partial charge in [-0.3, -0.25) is 4.79 Å². The number of pyridine rings is 1. The predicted octanol–water partition coefficient (Wildman–Crippen LogP) is 2.58. The van der Waals surface area contributed by atoms with Crippen LogP contribution in [0.2, 0.25) is 0 Å². The minimum atomic E-state index is -2.85. The Morgan fingerprint density at radius 1 is 1.67 bits per heavy atom. The van der Waals surface area contributed by atoms with Gasteiger partial charge in [0.05, 0.1) is 5.56 Å². The SMILES string of the molecule is Cc1c(C#N)ncc(C(F)F)c1C(=O)Cl. The van der Waals surface area contributed by atoms with E-state index in [0.29, 0.717) is 0 Å². The predicted molar refractivity (Wildman–Crippen MR) is 48.8 cm³/mol. The first-order valence-corrected chi connectivity index (χ1v) is 4.24.